The van der Waals surface area contributed by atoms with Crippen LogP contribution in [0.1, 0.15) is 18.9 Å². The molecule has 0 aliphatic heterocycles. The highest BCUT2D eigenvalue weighted by Crippen LogP contribution is 2.25. The van der Waals surface area contributed by atoms with Gasteiger partial charge in [-0.3, -0.25) is 4.79 Å². The summed E-state index contributed by atoms with van der Waals surface area (Å²) in [6.45, 7) is 3.48. The van der Waals surface area contributed by atoms with Crippen molar-refractivity contribution in [2.45, 2.75) is 19.9 Å². The van der Waals surface area contributed by atoms with Crippen molar-refractivity contribution in [3.8, 4) is 5.75 Å². The molecular weight excluding hydrogens is 270 g/mol. The number of carbonyl (C=O) groups excluding carboxylic acids is 1. The Kier molecular flexibility index (Phi) is 5.32. The van der Waals surface area contributed by atoms with Gasteiger partial charge in [0.1, 0.15) is 5.75 Å². The van der Waals surface area contributed by atoms with Crippen LogP contribution in [0.5, 0.6) is 5.75 Å². The van der Waals surface area contributed by atoms with Crippen molar-refractivity contribution in [3.05, 3.63) is 28.2 Å². The number of rotatable bonds is 6. The predicted molar refractivity (Wildman–Crippen MR) is 67.5 cm³/mol. The molecule has 0 atom stereocenters. The van der Waals surface area contributed by atoms with Gasteiger partial charge in [0, 0.05) is 13.1 Å². The highest BCUT2D eigenvalue weighted by atomic mass is 79.9. The number of carbonyl (C=O) groups is 1. The second-order valence-corrected chi connectivity index (χ2v) is 4.40. The fourth-order valence-electron chi connectivity index (χ4n) is 1.50. The van der Waals surface area contributed by atoms with Crippen molar-refractivity contribution >= 4 is 22.3 Å². The molecule has 0 bridgehead atoms. The lowest BCUT2D eigenvalue weighted by atomic mass is 10.2. The maximum absolute atomic E-state index is 10.8. The zero-order valence-corrected chi connectivity index (χ0v) is 11.2. The quantitative estimate of drug-likeness (QED) is 0.753. The summed E-state index contributed by atoms with van der Waals surface area (Å²) in [7, 11) is 1.63. The largest absolute Gasteiger partial charge is 0.496 e. The van der Waals surface area contributed by atoms with E-state index in [1.165, 1.54) is 0 Å². The van der Waals surface area contributed by atoms with Gasteiger partial charge in [-0.2, -0.15) is 0 Å². The Morgan fingerprint density at radius 1 is 1.50 bits per heavy atom. The molecule has 0 fully saturated rings. The van der Waals surface area contributed by atoms with Crippen LogP contribution >= 0.6 is 15.9 Å². The summed E-state index contributed by atoms with van der Waals surface area (Å²) in [6.07, 6.45) is 1.86. The molecule has 0 saturated carbocycles. The Morgan fingerprint density at radius 3 is 2.75 bits per heavy atom. The smallest absolute Gasteiger partial charge is 0.210 e. The second-order valence-electron chi connectivity index (χ2n) is 3.54. The minimum Gasteiger partial charge on any atom is -0.496 e. The fourth-order valence-corrected chi connectivity index (χ4v) is 2.09. The topological polar surface area (TPSA) is 29.5 Å². The van der Waals surface area contributed by atoms with Gasteiger partial charge in [0.15, 0.2) is 0 Å². The van der Waals surface area contributed by atoms with Gasteiger partial charge in [-0.1, -0.05) is 13.0 Å². The summed E-state index contributed by atoms with van der Waals surface area (Å²) >= 11 is 3.43. The van der Waals surface area contributed by atoms with Crippen LogP contribution in [0.2, 0.25) is 0 Å². The molecule has 88 valence electrons. The van der Waals surface area contributed by atoms with Gasteiger partial charge in [-0.15, -0.1) is 0 Å². The predicted octanol–water partition coefficient (Wildman–Crippen LogP) is 2.83. The Labute approximate surface area is 105 Å². The van der Waals surface area contributed by atoms with Crippen molar-refractivity contribution in [1.29, 1.82) is 0 Å². The molecule has 1 rings (SSSR count). The monoisotopic (exact) mass is 285 g/mol. The minimum absolute atomic E-state index is 0.639. The Hall–Kier alpha value is -1.03. The SMILES string of the molecule is CCCN(C=O)Cc1ccc(OC)c(Br)c1. The van der Waals surface area contributed by atoms with Gasteiger partial charge >= 0.3 is 0 Å². The first-order valence-corrected chi connectivity index (χ1v) is 6.02. The summed E-state index contributed by atoms with van der Waals surface area (Å²) in [5, 5.41) is 0. The molecule has 0 heterocycles. The van der Waals surface area contributed by atoms with Crippen molar-refractivity contribution in [3.63, 3.8) is 0 Å². The summed E-state index contributed by atoms with van der Waals surface area (Å²) in [5.74, 6) is 0.803. The number of benzene rings is 1. The maximum atomic E-state index is 10.8. The molecular formula is C12H16BrNO2. The second kappa shape index (κ2) is 6.53. The highest BCUT2D eigenvalue weighted by Gasteiger charge is 2.05. The van der Waals surface area contributed by atoms with Crippen molar-refractivity contribution in [1.82, 2.24) is 4.90 Å². The van der Waals surface area contributed by atoms with Crippen molar-refractivity contribution < 1.29 is 9.53 Å². The Balaban J connectivity index is 2.73. The summed E-state index contributed by atoms with van der Waals surface area (Å²) in [6, 6.07) is 5.84. The van der Waals surface area contributed by atoms with Gasteiger partial charge in [-0.05, 0) is 40.0 Å². The van der Waals surface area contributed by atoms with E-state index in [1.807, 2.05) is 18.2 Å². The zero-order valence-electron chi connectivity index (χ0n) is 9.57. The molecule has 0 radical (unpaired) electrons. The van der Waals surface area contributed by atoms with Crippen LogP contribution in [0, 0.1) is 0 Å². The maximum Gasteiger partial charge on any atom is 0.210 e. The van der Waals surface area contributed by atoms with Crippen molar-refractivity contribution in [2.24, 2.45) is 0 Å². The van der Waals surface area contributed by atoms with E-state index >= 15 is 0 Å². The lowest BCUT2D eigenvalue weighted by molar-refractivity contribution is -0.118. The van der Waals surface area contributed by atoms with E-state index in [-0.39, 0.29) is 0 Å². The molecule has 16 heavy (non-hydrogen) atoms. The number of halogens is 1. The molecule has 0 aromatic heterocycles. The molecule has 4 heteroatoms. The van der Waals surface area contributed by atoms with E-state index < -0.39 is 0 Å². The first-order valence-electron chi connectivity index (χ1n) is 5.23. The van der Waals surface area contributed by atoms with E-state index in [4.69, 9.17) is 4.74 Å². The lowest BCUT2D eigenvalue weighted by Crippen LogP contribution is -2.21. The first-order chi connectivity index (χ1) is 7.71. The number of hydrogen-bond donors (Lipinski definition) is 0. The van der Waals surface area contributed by atoms with Gasteiger partial charge in [0.25, 0.3) is 0 Å². The van der Waals surface area contributed by atoms with E-state index in [2.05, 4.69) is 22.9 Å². The van der Waals surface area contributed by atoms with Crippen LogP contribution in [-0.4, -0.2) is 25.0 Å². The fraction of sp³-hybridized carbons (Fsp3) is 0.417. The summed E-state index contributed by atoms with van der Waals surface area (Å²) in [4.78, 5) is 12.6. The van der Waals surface area contributed by atoms with Gasteiger partial charge in [0.05, 0.1) is 11.6 Å². The number of hydrogen-bond acceptors (Lipinski definition) is 2. The lowest BCUT2D eigenvalue weighted by Gasteiger charge is -2.16. The van der Waals surface area contributed by atoms with Gasteiger partial charge in [-0.25, -0.2) is 0 Å². The number of amides is 1. The molecule has 1 aromatic rings. The standard InChI is InChI=1S/C12H16BrNO2/c1-3-6-14(9-15)8-10-4-5-12(16-2)11(13)7-10/h4-5,7,9H,3,6,8H2,1-2H3. The number of nitrogens with zero attached hydrogens (tertiary/aromatic N) is 1. The van der Waals surface area contributed by atoms with E-state index in [0.29, 0.717) is 6.54 Å². The molecule has 0 saturated heterocycles. The minimum atomic E-state index is 0.639. The molecule has 0 spiro atoms. The third-order valence-corrected chi connectivity index (χ3v) is 2.88. The van der Waals surface area contributed by atoms with Crippen molar-refractivity contribution in [2.75, 3.05) is 13.7 Å². The average molecular weight is 286 g/mol. The van der Waals surface area contributed by atoms with E-state index in [1.54, 1.807) is 12.0 Å². The molecule has 0 N–H and O–H groups in total. The van der Waals surface area contributed by atoms with Gasteiger partial charge < -0.3 is 9.64 Å². The molecule has 1 aromatic carbocycles. The van der Waals surface area contributed by atoms with Crippen LogP contribution in [0.25, 0.3) is 0 Å². The highest BCUT2D eigenvalue weighted by molar-refractivity contribution is 9.10. The Bertz CT molecular complexity index is 355. The summed E-state index contributed by atoms with van der Waals surface area (Å²) in [5.41, 5.74) is 1.09. The molecule has 0 unspecified atom stereocenters. The van der Waals surface area contributed by atoms with Crippen LogP contribution in [0.4, 0.5) is 0 Å². The van der Waals surface area contributed by atoms with E-state index in [9.17, 15) is 4.79 Å². The van der Waals surface area contributed by atoms with Crippen LogP contribution in [-0.2, 0) is 11.3 Å². The number of methoxy groups -OCH3 is 1. The van der Waals surface area contributed by atoms with Crippen LogP contribution in [0.15, 0.2) is 22.7 Å². The number of ether oxygens (including phenoxy) is 1. The Morgan fingerprint density at radius 2 is 2.25 bits per heavy atom. The van der Waals surface area contributed by atoms with Crippen LogP contribution in [0.3, 0.4) is 0 Å². The normalized spacial score (nSPS) is 9.94. The molecule has 0 aliphatic rings. The molecule has 3 nitrogen and oxygen atoms in total. The van der Waals surface area contributed by atoms with Crippen LogP contribution < -0.4 is 4.74 Å². The van der Waals surface area contributed by atoms with Gasteiger partial charge in [0.2, 0.25) is 6.41 Å². The molecule has 0 aliphatic carbocycles. The summed E-state index contributed by atoms with van der Waals surface area (Å²) < 4.78 is 6.06. The third-order valence-electron chi connectivity index (χ3n) is 2.26. The zero-order chi connectivity index (χ0) is 12.0. The molecule has 1 amide bonds. The van der Waals surface area contributed by atoms with E-state index in [0.717, 1.165) is 35.2 Å². The third kappa shape index (κ3) is 3.52. The average Bonchev–Trinajstić information content (AvgIpc) is 2.28. The first kappa shape index (κ1) is 13.0.